The van der Waals surface area contributed by atoms with Crippen LogP contribution in [0.25, 0.3) is 0 Å². The fraction of sp³-hybridized carbons (Fsp3) is 0.938. The van der Waals surface area contributed by atoms with E-state index in [4.69, 9.17) is 4.74 Å². The number of amides is 1. The molecule has 0 heterocycles. The van der Waals surface area contributed by atoms with E-state index in [9.17, 15) is 9.90 Å². The van der Waals surface area contributed by atoms with Crippen molar-refractivity contribution in [2.75, 3.05) is 26.7 Å². The van der Waals surface area contributed by atoms with E-state index in [1.807, 2.05) is 13.8 Å². The van der Waals surface area contributed by atoms with Gasteiger partial charge in [0.15, 0.2) is 0 Å². The third-order valence-corrected chi connectivity index (χ3v) is 4.42. The van der Waals surface area contributed by atoms with Crippen LogP contribution in [0.4, 0.5) is 0 Å². The van der Waals surface area contributed by atoms with E-state index in [0.717, 1.165) is 6.42 Å². The normalized spacial score (nSPS) is 25.4. The molecule has 0 aromatic rings. The predicted molar refractivity (Wildman–Crippen MR) is 84.2 cm³/mol. The minimum Gasteiger partial charge on any atom is -0.389 e. The lowest BCUT2D eigenvalue weighted by molar-refractivity contribution is -0.131. The van der Waals surface area contributed by atoms with E-state index < -0.39 is 6.10 Å². The topological polar surface area (TPSA) is 61.8 Å². The van der Waals surface area contributed by atoms with Crippen LogP contribution in [0.15, 0.2) is 0 Å². The molecule has 21 heavy (non-hydrogen) atoms. The number of nitrogens with zero attached hydrogens (tertiary/aromatic N) is 1. The zero-order valence-electron chi connectivity index (χ0n) is 14.0. The Kier molecular flexibility index (Phi) is 8.22. The number of ether oxygens (including phenoxy) is 1. The molecule has 1 aliphatic rings. The van der Waals surface area contributed by atoms with E-state index >= 15 is 0 Å². The summed E-state index contributed by atoms with van der Waals surface area (Å²) in [5.41, 5.74) is 0. The van der Waals surface area contributed by atoms with Gasteiger partial charge in [-0.1, -0.05) is 19.8 Å². The Hall–Kier alpha value is -0.650. The first-order valence-electron chi connectivity index (χ1n) is 8.23. The van der Waals surface area contributed by atoms with Gasteiger partial charge in [0.2, 0.25) is 5.91 Å². The van der Waals surface area contributed by atoms with Crippen LogP contribution in [-0.4, -0.2) is 60.9 Å². The van der Waals surface area contributed by atoms with Crippen LogP contribution < -0.4 is 5.32 Å². The van der Waals surface area contributed by atoms with Crippen molar-refractivity contribution in [3.05, 3.63) is 0 Å². The van der Waals surface area contributed by atoms with E-state index in [2.05, 4.69) is 12.2 Å². The molecular weight excluding hydrogens is 268 g/mol. The molecule has 1 saturated carbocycles. The quantitative estimate of drug-likeness (QED) is 0.711. The van der Waals surface area contributed by atoms with Crippen molar-refractivity contribution in [3.8, 4) is 0 Å². The van der Waals surface area contributed by atoms with Gasteiger partial charge in [-0.2, -0.15) is 0 Å². The van der Waals surface area contributed by atoms with Crippen molar-refractivity contribution in [1.29, 1.82) is 0 Å². The van der Waals surface area contributed by atoms with Crippen LogP contribution in [-0.2, 0) is 9.53 Å². The fourth-order valence-corrected chi connectivity index (χ4v) is 2.71. The molecule has 5 nitrogen and oxygen atoms in total. The van der Waals surface area contributed by atoms with Crippen LogP contribution in [0.5, 0.6) is 0 Å². The number of hydrogen-bond acceptors (Lipinski definition) is 4. The molecule has 5 heteroatoms. The van der Waals surface area contributed by atoms with Crippen molar-refractivity contribution < 1.29 is 14.6 Å². The summed E-state index contributed by atoms with van der Waals surface area (Å²) in [4.78, 5) is 13.6. The van der Waals surface area contributed by atoms with E-state index in [1.54, 1.807) is 11.9 Å². The highest BCUT2D eigenvalue weighted by Crippen LogP contribution is 2.26. The Morgan fingerprint density at radius 3 is 2.71 bits per heavy atom. The van der Waals surface area contributed by atoms with Crippen LogP contribution in [0, 0.1) is 5.92 Å². The van der Waals surface area contributed by atoms with Crippen molar-refractivity contribution in [2.45, 2.75) is 64.7 Å². The highest BCUT2D eigenvalue weighted by atomic mass is 16.5. The van der Waals surface area contributed by atoms with Gasteiger partial charge in [0, 0.05) is 20.1 Å². The second-order valence-electron chi connectivity index (χ2n) is 6.27. The van der Waals surface area contributed by atoms with Gasteiger partial charge in [0.1, 0.15) is 0 Å². The zero-order chi connectivity index (χ0) is 15.8. The minimum atomic E-state index is -0.568. The lowest BCUT2D eigenvalue weighted by Gasteiger charge is -2.29. The molecule has 1 fully saturated rings. The number of carbonyl (C=O) groups excluding carboxylic acids is 1. The predicted octanol–water partition coefficient (Wildman–Crippen LogP) is 1.40. The Labute approximate surface area is 129 Å². The van der Waals surface area contributed by atoms with Gasteiger partial charge in [-0.05, 0) is 32.6 Å². The van der Waals surface area contributed by atoms with Crippen LogP contribution in [0.3, 0.4) is 0 Å². The second kappa shape index (κ2) is 9.38. The molecule has 1 amide bonds. The molecule has 0 saturated heterocycles. The average Bonchev–Trinajstić information content (AvgIpc) is 2.50. The standard InChI is InChI=1S/C16H32N2O3/c1-5-18(4)16(20)13(3)17-10-14(19)11-21-15-9-7-6-8-12(15)2/h12-15,17,19H,5-11H2,1-4H3. The first-order valence-corrected chi connectivity index (χ1v) is 8.23. The molecule has 0 bridgehead atoms. The summed E-state index contributed by atoms with van der Waals surface area (Å²) in [5.74, 6) is 0.629. The molecule has 1 rings (SSSR count). The monoisotopic (exact) mass is 300 g/mol. The Morgan fingerprint density at radius 1 is 1.43 bits per heavy atom. The molecule has 4 unspecified atom stereocenters. The molecule has 1 aliphatic carbocycles. The Morgan fingerprint density at radius 2 is 2.10 bits per heavy atom. The lowest BCUT2D eigenvalue weighted by atomic mass is 9.88. The summed E-state index contributed by atoms with van der Waals surface area (Å²) in [6.07, 6.45) is 4.53. The van der Waals surface area contributed by atoms with Gasteiger partial charge < -0.3 is 20.1 Å². The van der Waals surface area contributed by atoms with Crippen LogP contribution in [0.1, 0.15) is 46.5 Å². The molecule has 0 aromatic carbocycles. The number of aliphatic hydroxyl groups is 1. The molecule has 0 spiro atoms. The third kappa shape index (κ3) is 6.32. The molecule has 4 atom stereocenters. The Balaban J connectivity index is 2.21. The number of rotatable bonds is 8. The minimum absolute atomic E-state index is 0.0477. The zero-order valence-corrected chi connectivity index (χ0v) is 14.0. The van der Waals surface area contributed by atoms with Gasteiger partial charge in [-0.15, -0.1) is 0 Å². The van der Waals surface area contributed by atoms with Gasteiger partial charge in [-0.25, -0.2) is 0 Å². The van der Waals surface area contributed by atoms with Gasteiger partial charge in [0.05, 0.1) is 24.9 Å². The summed E-state index contributed by atoms with van der Waals surface area (Å²) in [5, 5.41) is 13.1. The SMILES string of the molecule is CCN(C)C(=O)C(C)NCC(O)COC1CCCCC1C. The summed E-state index contributed by atoms with van der Waals surface area (Å²) in [6.45, 7) is 7.40. The number of nitrogens with one attached hydrogen (secondary N) is 1. The maximum atomic E-state index is 11.9. The van der Waals surface area contributed by atoms with Crippen molar-refractivity contribution in [1.82, 2.24) is 10.2 Å². The maximum Gasteiger partial charge on any atom is 0.239 e. The number of likely N-dealkylation sites (N-methyl/N-ethyl adjacent to an activating group) is 1. The summed E-state index contributed by atoms with van der Waals surface area (Å²) in [6, 6.07) is -0.279. The number of aliphatic hydroxyl groups excluding tert-OH is 1. The highest BCUT2D eigenvalue weighted by Gasteiger charge is 2.23. The number of carbonyl (C=O) groups is 1. The molecule has 0 aliphatic heterocycles. The molecule has 124 valence electrons. The van der Waals surface area contributed by atoms with E-state index in [-0.39, 0.29) is 18.1 Å². The molecular formula is C16H32N2O3. The van der Waals surface area contributed by atoms with E-state index in [1.165, 1.54) is 19.3 Å². The molecule has 0 aromatic heterocycles. The summed E-state index contributed by atoms with van der Waals surface area (Å²) < 4.78 is 5.83. The lowest BCUT2D eigenvalue weighted by Crippen LogP contribution is -2.46. The van der Waals surface area contributed by atoms with Gasteiger partial charge >= 0.3 is 0 Å². The largest absolute Gasteiger partial charge is 0.389 e. The smallest absolute Gasteiger partial charge is 0.239 e. The highest BCUT2D eigenvalue weighted by molar-refractivity contribution is 5.81. The summed E-state index contributed by atoms with van der Waals surface area (Å²) in [7, 11) is 1.78. The fourth-order valence-electron chi connectivity index (χ4n) is 2.71. The molecule has 2 N–H and O–H groups in total. The van der Waals surface area contributed by atoms with Crippen LogP contribution in [0.2, 0.25) is 0 Å². The van der Waals surface area contributed by atoms with E-state index in [0.29, 0.717) is 25.6 Å². The first kappa shape index (κ1) is 18.4. The van der Waals surface area contributed by atoms with Gasteiger partial charge in [0.25, 0.3) is 0 Å². The average molecular weight is 300 g/mol. The first-order chi connectivity index (χ1) is 9.95. The van der Waals surface area contributed by atoms with Crippen LogP contribution >= 0.6 is 0 Å². The summed E-state index contributed by atoms with van der Waals surface area (Å²) >= 11 is 0. The molecule has 0 radical (unpaired) electrons. The maximum absolute atomic E-state index is 11.9. The third-order valence-electron chi connectivity index (χ3n) is 4.42. The number of hydrogen-bond donors (Lipinski definition) is 2. The Bertz CT molecular complexity index is 312. The second-order valence-corrected chi connectivity index (χ2v) is 6.27. The van der Waals surface area contributed by atoms with Crippen molar-refractivity contribution in [3.63, 3.8) is 0 Å². The van der Waals surface area contributed by atoms with Crippen molar-refractivity contribution >= 4 is 5.91 Å². The van der Waals surface area contributed by atoms with Crippen molar-refractivity contribution in [2.24, 2.45) is 5.92 Å². The van der Waals surface area contributed by atoms with Gasteiger partial charge in [-0.3, -0.25) is 4.79 Å².